The van der Waals surface area contributed by atoms with Crippen molar-refractivity contribution < 1.29 is 5.11 Å². The van der Waals surface area contributed by atoms with Gasteiger partial charge in [-0.25, -0.2) is 15.0 Å². The summed E-state index contributed by atoms with van der Waals surface area (Å²) in [4.78, 5) is 12.8. The second kappa shape index (κ2) is 8.08. The molecule has 0 saturated heterocycles. The highest BCUT2D eigenvalue weighted by atomic mass is 16.3. The van der Waals surface area contributed by atoms with Crippen LogP contribution >= 0.6 is 0 Å². The molecule has 0 aliphatic rings. The molecule has 0 radical (unpaired) electrons. The molecule has 3 aromatic rings. The number of imidazole rings is 1. The van der Waals surface area contributed by atoms with Crippen LogP contribution < -0.4 is 16.4 Å². The number of anilines is 2. The fourth-order valence-corrected chi connectivity index (χ4v) is 2.36. The van der Waals surface area contributed by atoms with Gasteiger partial charge < -0.3 is 31.3 Å². The first-order valence-electron chi connectivity index (χ1n) is 8.04. The quantitative estimate of drug-likeness (QED) is 0.300. The molecule has 0 fully saturated rings. The zero-order chi connectivity index (χ0) is 18.4. The molecular formula is C17H20N8O. The number of nitrogens with two attached hydrogens (primary N) is 1. The Kier molecular flexibility index (Phi) is 5.40. The molecule has 0 aliphatic heterocycles. The maximum atomic E-state index is 8.82. The molecule has 3 rings (SSSR count). The van der Waals surface area contributed by atoms with Gasteiger partial charge in [0.2, 0.25) is 0 Å². The lowest BCUT2D eigenvalue weighted by Gasteiger charge is -2.10. The van der Waals surface area contributed by atoms with Gasteiger partial charge in [-0.15, -0.1) is 0 Å². The summed E-state index contributed by atoms with van der Waals surface area (Å²) < 4.78 is 1.94. The second-order valence-corrected chi connectivity index (χ2v) is 5.49. The SMILES string of the molecule is N=C/C(=C\NCCO)c1cnc(N)c(NCc2ccc3nccn3c2)n1. The van der Waals surface area contributed by atoms with Crippen LogP contribution in [0.4, 0.5) is 11.6 Å². The predicted octanol–water partition coefficient (Wildman–Crippen LogP) is 0.891. The molecule has 0 unspecified atom stereocenters. The molecule has 3 aromatic heterocycles. The summed E-state index contributed by atoms with van der Waals surface area (Å²) in [5.41, 5.74) is 8.87. The number of hydrogen-bond acceptors (Lipinski definition) is 8. The highest BCUT2D eigenvalue weighted by Crippen LogP contribution is 2.17. The lowest BCUT2D eigenvalue weighted by Crippen LogP contribution is -2.13. The van der Waals surface area contributed by atoms with E-state index >= 15 is 0 Å². The molecule has 0 saturated carbocycles. The van der Waals surface area contributed by atoms with Gasteiger partial charge in [0.25, 0.3) is 0 Å². The summed E-state index contributed by atoms with van der Waals surface area (Å²) in [6.45, 7) is 0.910. The number of nitrogen functional groups attached to an aromatic ring is 1. The first-order valence-corrected chi connectivity index (χ1v) is 8.04. The summed E-state index contributed by atoms with van der Waals surface area (Å²) in [6.07, 6.45) is 9.89. The van der Waals surface area contributed by atoms with Crippen molar-refractivity contribution in [2.24, 2.45) is 0 Å². The Hall–Kier alpha value is -3.46. The van der Waals surface area contributed by atoms with E-state index in [1.165, 1.54) is 12.4 Å². The van der Waals surface area contributed by atoms with Crippen LogP contribution in [0.3, 0.4) is 0 Å². The van der Waals surface area contributed by atoms with Crippen LogP contribution in [0.15, 0.2) is 43.1 Å². The molecule has 0 aliphatic carbocycles. The van der Waals surface area contributed by atoms with E-state index in [0.717, 1.165) is 11.2 Å². The van der Waals surface area contributed by atoms with E-state index in [2.05, 4.69) is 25.6 Å². The van der Waals surface area contributed by atoms with E-state index in [4.69, 9.17) is 16.2 Å². The second-order valence-electron chi connectivity index (χ2n) is 5.49. The van der Waals surface area contributed by atoms with Crippen molar-refractivity contribution in [1.29, 1.82) is 5.41 Å². The van der Waals surface area contributed by atoms with Gasteiger partial charge >= 0.3 is 0 Å². The highest BCUT2D eigenvalue weighted by molar-refractivity contribution is 6.07. The first-order chi connectivity index (χ1) is 12.7. The Morgan fingerprint density at radius 3 is 3.04 bits per heavy atom. The third-order valence-corrected chi connectivity index (χ3v) is 3.68. The number of fused-ring (bicyclic) bond motifs is 1. The Balaban J connectivity index is 1.76. The van der Waals surface area contributed by atoms with E-state index in [1.807, 2.05) is 28.9 Å². The molecule has 0 bridgehead atoms. The van der Waals surface area contributed by atoms with Gasteiger partial charge in [-0.1, -0.05) is 6.07 Å². The molecule has 0 spiro atoms. The number of nitrogens with one attached hydrogen (secondary N) is 3. The predicted molar refractivity (Wildman–Crippen MR) is 101 cm³/mol. The maximum Gasteiger partial charge on any atom is 0.169 e. The van der Waals surface area contributed by atoms with Crippen LogP contribution in [0.1, 0.15) is 11.3 Å². The topological polar surface area (TPSA) is 137 Å². The third-order valence-electron chi connectivity index (χ3n) is 3.68. The van der Waals surface area contributed by atoms with Gasteiger partial charge in [0.15, 0.2) is 11.6 Å². The Bertz CT molecular complexity index is 933. The molecule has 3 heterocycles. The molecule has 6 N–H and O–H groups in total. The molecule has 0 atom stereocenters. The smallest absolute Gasteiger partial charge is 0.169 e. The minimum absolute atomic E-state index is 0.00323. The minimum Gasteiger partial charge on any atom is -0.395 e. The van der Waals surface area contributed by atoms with Crippen molar-refractivity contribution >= 4 is 29.1 Å². The number of nitrogens with zero attached hydrogens (tertiary/aromatic N) is 4. The summed E-state index contributed by atoms with van der Waals surface area (Å²) in [5.74, 6) is 0.730. The summed E-state index contributed by atoms with van der Waals surface area (Å²) in [6, 6.07) is 3.91. The summed E-state index contributed by atoms with van der Waals surface area (Å²) >= 11 is 0. The molecule has 26 heavy (non-hydrogen) atoms. The normalized spacial score (nSPS) is 11.5. The fraction of sp³-hybridized carbons (Fsp3) is 0.176. The molecule has 9 heteroatoms. The number of aliphatic hydroxyl groups is 1. The van der Waals surface area contributed by atoms with Crippen molar-refractivity contribution in [3.8, 4) is 0 Å². The van der Waals surface area contributed by atoms with Crippen molar-refractivity contribution in [3.05, 3.63) is 54.4 Å². The van der Waals surface area contributed by atoms with Gasteiger partial charge in [-0.3, -0.25) is 0 Å². The van der Waals surface area contributed by atoms with Gasteiger partial charge in [0.1, 0.15) is 5.65 Å². The lowest BCUT2D eigenvalue weighted by atomic mass is 10.2. The number of aliphatic hydroxyl groups excluding tert-OH is 1. The maximum absolute atomic E-state index is 8.82. The third kappa shape index (κ3) is 3.95. The molecule has 0 aromatic carbocycles. The van der Waals surface area contributed by atoms with Crippen LogP contribution in [0.25, 0.3) is 11.2 Å². The first kappa shape index (κ1) is 17.4. The number of aromatic nitrogens is 4. The van der Waals surface area contributed by atoms with Gasteiger partial charge in [-0.05, 0) is 11.6 Å². The zero-order valence-corrected chi connectivity index (χ0v) is 14.1. The van der Waals surface area contributed by atoms with Crippen LogP contribution in [0.2, 0.25) is 0 Å². The van der Waals surface area contributed by atoms with Gasteiger partial charge in [0.05, 0.1) is 18.5 Å². The van der Waals surface area contributed by atoms with Crippen molar-refractivity contribution in [2.45, 2.75) is 6.54 Å². The number of pyridine rings is 1. The monoisotopic (exact) mass is 352 g/mol. The molecule has 0 amide bonds. The van der Waals surface area contributed by atoms with Crippen LogP contribution in [0.5, 0.6) is 0 Å². The average Bonchev–Trinajstić information content (AvgIpc) is 3.13. The van der Waals surface area contributed by atoms with Crippen molar-refractivity contribution in [2.75, 3.05) is 24.2 Å². The summed E-state index contributed by atoms with van der Waals surface area (Å²) in [7, 11) is 0. The summed E-state index contributed by atoms with van der Waals surface area (Å²) in [5, 5.41) is 22.4. The number of hydrogen-bond donors (Lipinski definition) is 5. The Labute approximate surface area is 150 Å². The highest BCUT2D eigenvalue weighted by Gasteiger charge is 2.08. The van der Waals surface area contributed by atoms with E-state index in [9.17, 15) is 0 Å². The largest absolute Gasteiger partial charge is 0.395 e. The lowest BCUT2D eigenvalue weighted by molar-refractivity contribution is 0.298. The minimum atomic E-state index is 0.00323. The standard InChI is InChI=1S/C17H20N8O/c18-7-13(9-20-4-6-26)14-10-22-16(19)17(24-14)23-8-12-1-2-15-21-3-5-25(15)11-12/h1-3,5,7,9-11,18,20,26H,4,6,8H2,(H2,19,22)(H,23,24)/b13-9+,18-7?. The van der Waals surface area contributed by atoms with Gasteiger partial charge in [-0.2, -0.15) is 0 Å². The van der Waals surface area contributed by atoms with Crippen molar-refractivity contribution in [3.63, 3.8) is 0 Å². The molecular weight excluding hydrogens is 332 g/mol. The van der Waals surface area contributed by atoms with E-state index in [-0.39, 0.29) is 12.4 Å². The number of allylic oxidation sites excluding steroid dienone is 1. The Morgan fingerprint density at radius 1 is 1.35 bits per heavy atom. The average molecular weight is 352 g/mol. The zero-order valence-electron chi connectivity index (χ0n) is 14.1. The van der Waals surface area contributed by atoms with Crippen LogP contribution in [-0.2, 0) is 6.54 Å². The van der Waals surface area contributed by atoms with E-state index in [1.54, 1.807) is 12.4 Å². The van der Waals surface area contributed by atoms with E-state index in [0.29, 0.717) is 30.2 Å². The van der Waals surface area contributed by atoms with Crippen LogP contribution in [-0.4, -0.2) is 43.8 Å². The molecule has 9 nitrogen and oxygen atoms in total. The fourth-order valence-electron chi connectivity index (χ4n) is 2.36. The van der Waals surface area contributed by atoms with Crippen molar-refractivity contribution in [1.82, 2.24) is 24.7 Å². The molecule has 134 valence electrons. The Morgan fingerprint density at radius 2 is 2.23 bits per heavy atom. The number of rotatable bonds is 8. The van der Waals surface area contributed by atoms with Gasteiger partial charge in [0, 0.05) is 49.7 Å². The van der Waals surface area contributed by atoms with Crippen LogP contribution in [0, 0.1) is 5.41 Å². The van der Waals surface area contributed by atoms with E-state index < -0.39 is 0 Å².